The lowest BCUT2D eigenvalue weighted by molar-refractivity contribution is -0.141. The molecule has 2 rings (SSSR count). The average Bonchev–Trinajstić information content (AvgIpc) is 2.69. The topological polar surface area (TPSA) is 17.8 Å². The first-order chi connectivity index (χ1) is 9.12. The predicted molar refractivity (Wildman–Crippen MR) is 58.6 cm³/mol. The number of nitrogens with zero attached hydrogens (tertiary/aromatic N) is 2. The molecule has 2 aromatic rings. The Bertz CT molecular complexity index is 624. The molecule has 0 N–H and O–H groups in total. The van der Waals surface area contributed by atoms with Crippen LogP contribution >= 0.6 is 0 Å². The van der Waals surface area contributed by atoms with Crippen molar-refractivity contribution in [2.24, 2.45) is 7.05 Å². The molecular formula is C12H8F6N2. The molecule has 0 fully saturated rings. The van der Waals surface area contributed by atoms with Crippen molar-refractivity contribution in [3.63, 3.8) is 0 Å². The van der Waals surface area contributed by atoms with Gasteiger partial charge in [0.05, 0.1) is 17.6 Å². The average molecular weight is 294 g/mol. The third kappa shape index (κ3) is 2.50. The molecule has 1 aromatic carbocycles. The first-order valence-corrected chi connectivity index (χ1v) is 5.37. The van der Waals surface area contributed by atoms with Crippen molar-refractivity contribution in [2.75, 3.05) is 0 Å². The van der Waals surface area contributed by atoms with E-state index in [1.165, 1.54) is 13.1 Å². The monoisotopic (exact) mass is 294 g/mol. The van der Waals surface area contributed by atoms with Gasteiger partial charge in [-0.25, -0.2) is 4.98 Å². The van der Waals surface area contributed by atoms with E-state index in [4.69, 9.17) is 0 Å². The molecule has 0 unspecified atom stereocenters. The minimum atomic E-state index is -4.82. The molecule has 2 nitrogen and oxygen atoms in total. The van der Waals surface area contributed by atoms with E-state index >= 15 is 0 Å². The Morgan fingerprint density at radius 3 is 2.10 bits per heavy atom. The van der Waals surface area contributed by atoms with E-state index in [1.807, 2.05) is 0 Å². The highest BCUT2D eigenvalue weighted by Gasteiger charge is 2.40. The van der Waals surface area contributed by atoms with Gasteiger partial charge in [0.25, 0.3) is 0 Å². The normalized spacial score (nSPS) is 12.8. The van der Waals surface area contributed by atoms with Gasteiger partial charge in [-0.3, -0.25) is 0 Å². The summed E-state index contributed by atoms with van der Waals surface area (Å²) >= 11 is 0. The lowest BCUT2D eigenvalue weighted by Crippen LogP contribution is -2.12. The van der Waals surface area contributed by atoms with E-state index < -0.39 is 34.9 Å². The molecule has 0 atom stereocenters. The van der Waals surface area contributed by atoms with Crippen LogP contribution in [0, 0.1) is 0 Å². The molecule has 0 saturated carbocycles. The Morgan fingerprint density at radius 1 is 0.950 bits per heavy atom. The fraction of sp³-hybridized carbons (Fsp3) is 0.250. The lowest BCUT2D eigenvalue weighted by atomic mass is 10.0. The summed E-state index contributed by atoms with van der Waals surface area (Å²) in [6.45, 7) is 0. The van der Waals surface area contributed by atoms with Crippen molar-refractivity contribution < 1.29 is 26.3 Å². The summed E-state index contributed by atoms with van der Waals surface area (Å²) in [4.78, 5) is 3.16. The first-order valence-electron chi connectivity index (χ1n) is 5.37. The Hall–Kier alpha value is -1.99. The van der Waals surface area contributed by atoms with Crippen LogP contribution in [0.3, 0.4) is 0 Å². The van der Waals surface area contributed by atoms with Crippen molar-refractivity contribution in [3.05, 3.63) is 41.9 Å². The number of hydrogen-bond donors (Lipinski definition) is 0. The Labute approximate surface area is 109 Å². The minimum Gasteiger partial charge on any atom is -0.333 e. The minimum absolute atomic E-state index is 0.549. The largest absolute Gasteiger partial charge is 0.435 e. The molecule has 108 valence electrons. The molecule has 0 amide bonds. The molecule has 8 heteroatoms. The Balaban J connectivity index is 2.74. The zero-order valence-corrected chi connectivity index (χ0v) is 10.0. The molecule has 0 aliphatic carbocycles. The maximum atomic E-state index is 12.9. The summed E-state index contributed by atoms with van der Waals surface area (Å²) in [5.41, 5.74) is -3.62. The smallest absolute Gasteiger partial charge is 0.333 e. The van der Waals surface area contributed by atoms with E-state index in [0.29, 0.717) is 0 Å². The van der Waals surface area contributed by atoms with Gasteiger partial charge in [-0.05, 0) is 6.07 Å². The molecular weight excluding hydrogens is 286 g/mol. The Kier molecular flexibility index (Phi) is 3.27. The number of halogens is 6. The molecule has 0 aliphatic rings. The highest BCUT2D eigenvalue weighted by molar-refractivity contribution is 5.67. The van der Waals surface area contributed by atoms with Crippen LogP contribution in [-0.2, 0) is 19.4 Å². The van der Waals surface area contributed by atoms with Gasteiger partial charge in [0, 0.05) is 12.6 Å². The van der Waals surface area contributed by atoms with Crippen LogP contribution in [0.25, 0.3) is 11.3 Å². The Morgan fingerprint density at radius 2 is 1.55 bits per heavy atom. The second kappa shape index (κ2) is 4.53. The van der Waals surface area contributed by atoms with E-state index in [0.717, 1.165) is 29.1 Å². The van der Waals surface area contributed by atoms with E-state index in [9.17, 15) is 26.3 Å². The second-order valence-electron chi connectivity index (χ2n) is 4.09. The van der Waals surface area contributed by atoms with Crippen molar-refractivity contribution in [3.8, 4) is 11.3 Å². The summed E-state index contributed by atoms with van der Waals surface area (Å²) in [6, 6.07) is 4.10. The fourth-order valence-electron chi connectivity index (χ4n) is 1.89. The number of aryl methyl sites for hydroxylation is 1. The summed E-state index contributed by atoms with van der Waals surface area (Å²) in [6.07, 6.45) is -8.73. The molecule has 0 radical (unpaired) electrons. The van der Waals surface area contributed by atoms with Crippen molar-refractivity contribution in [1.82, 2.24) is 9.55 Å². The van der Waals surface area contributed by atoms with Crippen molar-refractivity contribution in [2.45, 2.75) is 12.4 Å². The zero-order chi connectivity index (χ0) is 15.1. The van der Waals surface area contributed by atoms with Crippen LogP contribution in [0.4, 0.5) is 26.3 Å². The van der Waals surface area contributed by atoms with Gasteiger partial charge in [0.2, 0.25) is 0 Å². The second-order valence-corrected chi connectivity index (χ2v) is 4.09. The summed E-state index contributed by atoms with van der Waals surface area (Å²) in [5, 5.41) is 0. The maximum absolute atomic E-state index is 12.9. The van der Waals surface area contributed by atoms with E-state index in [-0.39, 0.29) is 0 Å². The summed E-state index contributed by atoms with van der Waals surface area (Å²) < 4.78 is 78.0. The quantitative estimate of drug-likeness (QED) is 0.723. The van der Waals surface area contributed by atoms with Gasteiger partial charge in [-0.15, -0.1) is 0 Å². The van der Waals surface area contributed by atoms with Crippen LogP contribution in [0.5, 0.6) is 0 Å². The molecule has 0 aliphatic heterocycles. The molecule has 0 saturated heterocycles. The molecule has 20 heavy (non-hydrogen) atoms. The number of imidazole rings is 1. The molecule has 1 heterocycles. The van der Waals surface area contributed by atoms with Crippen LogP contribution < -0.4 is 0 Å². The van der Waals surface area contributed by atoms with E-state index in [1.54, 1.807) is 0 Å². The third-order valence-corrected chi connectivity index (χ3v) is 2.69. The number of aromatic nitrogens is 2. The lowest BCUT2D eigenvalue weighted by Gasteiger charge is -2.15. The number of rotatable bonds is 1. The van der Waals surface area contributed by atoms with Crippen molar-refractivity contribution >= 4 is 0 Å². The van der Waals surface area contributed by atoms with Gasteiger partial charge in [0.15, 0.2) is 5.69 Å². The summed E-state index contributed by atoms with van der Waals surface area (Å²) in [5.74, 6) is 0. The molecule has 0 spiro atoms. The highest BCUT2D eigenvalue weighted by atomic mass is 19.4. The SMILES string of the molecule is Cn1cnc(C(F)(F)F)c1-c1ccccc1C(F)(F)F. The molecule has 0 bridgehead atoms. The molecule has 1 aromatic heterocycles. The number of hydrogen-bond acceptors (Lipinski definition) is 1. The van der Waals surface area contributed by atoms with Gasteiger partial charge >= 0.3 is 12.4 Å². The van der Waals surface area contributed by atoms with Crippen LogP contribution in [0.15, 0.2) is 30.6 Å². The van der Waals surface area contributed by atoms with Gasteiger partial charge < -0.3 is 4.57 Å². The predicted octanol–water partition coefficient (Wildman–Crippen LogP) is 4.12. The summed E-state index contributed by atoms with van der Waals surface area (Å²) in [7, 11) is 1.21. The van der Waals surface area contributed by atoms with Gasteiger partial charge in [-0.1, -0.05) is 18.2 Å². The fourth-order valence-corrected chi connectivity index (χ4v) is 1.89. The highest BCUT2D eigenvalue weighted by Crippen LogP contribution is 2.41. The zero-order valence-electron chi connectivity index (χ0n) is 10.0. The van der Waals surface area contributed by atoms with Crippen molar-refractivity contribution in [1.29, 1.82) is 0 Å². The number of benzene rings is 1. The van der Waals surface area contributed by atoms with E-state index in [2.05, 4.69) is 4.98 Å². The standard InChI is InChI=1S/C12H8F6N2/c1-20-6-19-10(12(16,17)18)9(20)7-4-2-3-5-8(7)11(13,14)15/h2-6H,1H3. The third-order valence-electron chi connectivity index (χ3n) is 2.69. The maximum Gasteiger partial charge on any atom is 0.435 e. The van der Waals surface area contributed by atoms with Gasteiger partial charge in [0.1, 0.15) is 0 Å². The van der Waals surface area contributed by atoms with Crippen LogP contribution in [0.1, 0.15) is 11.3 Å². The van der Waals surface area contributed by atoms with Crippen LogP contribution in [-0.4, -0.2) is 9.55 Å². The van der Waals surface area contributed by atoms with Crippen LogP contribution in [0.2, 0.25) is 0 Å². The first kappa shape index (κ1) is 14.4. The number of alkyl halides is 6. The van der Waals surface area contributed by atoms with Gasteiger partial charge in [-0.2, -0.15) is 26.3 Å².